The number of carbonyl (C=O) groups excluding carboxylic acids is 2. The summed E-state index contributed by atoms with van der Waals surface area (Å²) in [6.07, 6.45) is 1.43. The number of benzene rings is 3. The minimum Gasteiger partial charge on any atom is -0.493 e. The van der Waals surface area contributed by atoms with Crippen LogP contribution in [0.4, 0.5) is 0 Å². The number of halogens is 1. The van der Waals surface area contributed by atoms with Gasteiger partial charge in [-0.1, -0.05) is 23.7 Å². The summed E-state index contributed by atoms with van der Waals surface area (Å²) in [4.78, 5) is 24.8. The summed E-state index contributed by atoms with van der Waals surface area (Å²) < 4.78 is 21.1. The SMILES string of the molecule is COc1ccc(C(=O)NN=Cc2ccc(OC(=O)c3ccccc3Cl)c(OC)c2)cc1OC. The molecule has 0 unspecified atom stereocenters. The second kappa shape index (κ2) is 11.0. The Bertz CT molecular complexity index is 1200. The monoisotopic (exact) mass is 468 g/mol. The van der Waals surface area contributed by atoms with E-state index < -0.39 is 11.9 Å². The molecule has 8 nitrogen and oxygen atoms in total. The lowest BCUT2D eigenvalue weighted by Crippen LogP contribution is -2.17. The largest absolute Gasteiger partial charge is 0.493 e. The summed E-state index contributed by atoms with van der Waals surface area (Å²) in [6.45, 7) is 0. The zero-order valence-electron chi connectivity index (χ0n) is 18.1. The van der Waals surface area contributed by atoms with Gasteiger partial charge in [-0.3, -0.25) is 4.79 Å². The average molecular weight is 469 g/mol. The predicted molar refractivity (Wildman–Crippen MR) is 124 cm³/mol. The van der Waals surface area contributed by atoms with Crippen LogP contribution in [0.3, 0.4) is 0 Å². The topological polar surface area (TPSA) is 95.5 Å². The highest BCUT2D eigenvalue weighted by molar-refractivity contribution is 6.33. The first-order chi connectivity index (χ1) is 16.0. The van der Waals surface area contributed by atoms with Gasteiger partial charge in [-0.15, -0.1) is 0 Å². The maximum absolute atomic E-state index is 12.4. The number of ether oxygens (including phenoxy) is 4. The highest BCUT2D eigenvalue weighted by Gasteiger charge is 2.15. The molecule has 0 fully saturated rings. The lowest BCUT2D eigenvalue weighted by molar-refractivity contribution is 0.0729. The van der Waals surface area contributed by atoms with Crippen LogP contribution in [0, 0.1) is 0 Å². The number of esters is 1. The summed E-state index contributed by atoms with van der Waals surface area (Å²) in [7, 11) is 4.45. The van der Waals surface area contributed by atoms with Gasteiger partial charge >= 0.3 is 5.97 Å². The van der Waals surface area contributed by atoms with Crippen molar-refractivity contribution in [3.63, 3.8) is 0 Å². The second-order valence-corrected chi connectivity index (χ2v) is 6.96. The smallest absolute Gasteiger partial charge is 0.345 e. The Morgan fingerprint density at radius 3 is 2.21 bits per heavy atom. The van der Waals surface area contributed by atoms with E-state index >= 15 is 0 Å². The van der Waals surface area contributed by atoms with Gasteiger partial charge in [0.25, 0.3) is 5.91 Å². The van der Waals surface area contributed by atoms with E-state index in [1.807, 2.05) is 0 Å². The van der Waals surface area contributed by atoms with Crippen molar-refractivity contribution < 1.29 is 28.5 Å². The molecule has 0 atom stereocenters. The van der Waals surface area contributed by atoms with Crippen LogP contribution < -0.4 is 24.4 Å². The van der Waals surface area contributed by atoms with Crippen LogP contribution in [0.5, 0.6) is 23.0 Å². The number of methoxy groups -OCH3 is 3. The van der Waals surface area contributed by atoms with Gasteiger partial charge in [0.1, 0.15) is 0 Å². The molecule has 3 rings (SSSR count). The number of rotatable bonds is 8. The molecule has 0 aliphatic carbocycles. The number of carbonyl (C=O) groups is 2. The van der Waals surface area contributed by atoms with Crippen molar-refractivity contribution in [1.29, 1.82) is 0 Å². The molecule has 3 aromatic carbocycles. The third kappa shape index (κ3) is 5.81. The van der Waals surface area contributed by atoms with Crippen LogP contribution >= 0.6 is 11.6 Å². The fraction of sp³-hybridized carbons (Fsp3) is 0.125. The van der Waals surface area contributed by atoms with Crippen molar-refractivity contribution in [1.82, 2.24) is 5.43 Å². The number of nitrogens with zero attached hydrogens (tertiary/aromatic N) is 1. The van der Waals surface area contributed by atoms with Gasteiger partial charge in [0.15, 0.2) is 23.0 Å². The number of amides is 1. The molecule has 0 aliphatic heterocycles. The zero-order valence-corrected chi connectivity index (χ0v) is 18.9. The van der Waals surface area contributed by atoms with Crippen LogP contribution in [-0.4, -0.2) is 39.4 Å². The maximum Gasteiger partial charge on any atom is 0.345 e. The Morgan fingerprint density at radius 1 is 0.848 bits per heavy atom. The summed E-state index contributed by atoms with van der Waals surface area (Å²) in [5, 5.41) is 4.25. The molecule has 9 heteroatoms. The fourth-order valence-electron chi connectivity index (χ4n) is 2.84. The molecule has 3 aromatic rings. The van der Waals surface area contributed by atoms with E-state index in [0.29, 0.717) is 28.4 Å². The standard InChI is InChI=1S/C24H21ClN2O6/c1-30-19-11-9-16(13-22(19)32-3)23(28)27-26-14-15-8-10-20(21(12-15)31-2)33-24(29)17-6-4-5-7-18(17)25/h4-14H,1-3H3,(H,27,28). The van der Waals surface area contributed by atoms with Crippen LogP contribution in [0.25, 0.3) is 0 Å². The third-order valence-corrected chi connectivity index (χ3v) is 4.84. The summed E-state index contributed by atoms with van der Waals surface area (Å²) in [6, 6.07) is 16.2. The summed E-state index contributed by atoms with van der Waals surface area (Å²) >= 11 is 6.05. The molecule has 170 valence electrons. The van der Waals surface area contributed by atoms with Crippen LogP contribution in [0.1, 0.15) is 26.3 Å². The van der Waals surface area contributed by atoms with Gasteiger partial charge in [0.2, 0.25) is 0 Å². The van der Waals surface area contributed by atoms with E-state index in [-0.39, 0.29) is 16.3 Å². The predicted octanol–water partition coefficient (Wildman–Crippen LogP) is 4.35. The molecule has 33 heavy (non-hydrogen) atoms. The van der Waals surface area contributed by atoms with Gasteiger partial charge in [-0.2, -0.15) is 5.10 Å². The summed E-state index contributed by atoms with van der Waals surface area (Å²) in [5.41, 5.74) is 3.64. The van der Waals surface area contributed by atoms with Gasteiger partial charge in [0, 0.05) is 5.56 Å². The average Bonchev–Trinajstić information content (AvgIpc) is 2.84. The van der Waals surface area contributed by atoms with E-state index in [2.05, 4.69) is 10.5 Å². The van der Waals surface area contributed by atoms with Crippen LogP contribution in [0.15, 0.2) is 65.8 Å². The highest BCUT2D eigenvalue weighted by Crippen LogP contribution is 2.29. The Kier molecular flexibility index (Phi) is 7.88. The van der Waals surface area contributed by atoms with Crippen molar-refractivity contribution >= 4 is 29.7 Å². The lowest BCUT2D eigenvalue weighted by atomic mass is 10.2. The van der Waals surface area contributed by atoms with E-state index in [0.717, 1.165) is 0 Å². The quantitative estimate of drug-likeness (QED) is 0.228. The molecule has 0 saturated carbocycles. The number of hydrogen-bond donors (Lipinski definition) is 1. The molecular formula is C24H21ClN2O6. The Balaban J connectivity index is 1.69. The molecule has 0 saturated heterocycles. The molecule has 0 radical (unpaired) electrons. The van der Waals surface area contributed by atoms with Crippen LogP contribution in [-0.2, 0) is 0 Å². The minimum atomic E-state index is -0.609. The highest BCUT2D eigenvalue weighted by atomic mass is 35.5. The first kappa shape index (κ1) is 23.6. The molecule has 0 spiro atoms. The van der Waals surface area contributed by atoms with Crippen molar-refractivity contribution in [2.75, 3.05) is 21.3 Å². The van der Waals surface area contributed by atoms with Gasteiger partial charge in [0.05, 0.1) is 38.1 Å². The van der Waals surface area contributed by atoms with Crippen LogP contribution in [0.2, 0.25) is 5.02 Å². The van der Waals surface area contributed by atoms with Crippen molar-refractivity contribution in [2.24, 2.45) is 5.10 Å². The van der Waals surface area contributed by atoms with E-state index in [4.69, 9.17) is 30.5 Å². The normalized spacial score (nSPS) is 10.5. The molecule has 0 aliphatic rings. The molecule has 0 aromatic heterocycles. The molecule has 1 amide bonds. The van der Waals surface area contributed by atoms with Crippen molar-refractivity contribution in [2.45, 2.75) is 0 Å². The lowest BCUT2D eigenvalue weighted by Gasteiger charge is -2.10. The molecule has 1 N–H and O–H groups in total. The number of hydrazone groups is 1. The van der Waals surface area contributed by atoms with Gasteiger partial charge < -0.3 is 18.9 Å². The first-order valence-electron chi connectivity index (χ1n) is 9.67. The molecular weight excluding hydrogens is 448 g/mol. The van der Waals surface area contributed by atoms with Gasteiger partial charge in [-0.05, 0) is 54.1 Å². The number of nitrogens with one attached hydrogen (secondary N) is 1. The molecule has 0 heterocycles. The fourth-order valence-corrected chi connectivity index (χ4v) is 3.05. The van der Waals surface area contributed by atoms with E-state index in [1.54, 1.807) is 60.7 Å². The van der Waals surface area contributed by atoms with E-state index in [1.165, 1.54) is 27.5 Å². The Labute approximate surface area is 195 Å². The van der Waals surface area contributed by atoms with Gasteiger partial charge in [-0.25, -0.2) is 10.2 Å². The Morgan fingerprint density at radius 2 is 1.52 bits per heavy atom. The zero-order chi connectivity index (χ0) is 23.8. The van der Waals surface area contributed by atoms with Crippen molar-refractivity contribution in [3.05, 3.63) is 82.4 Å². The number of hydrogen-bond acceptors (Lipinski definition) is 7. The van der Waals surface area contributed by atoms with Crippen molar-refractivity contribution in [3.8, 4) is 23.0 Å². The first-order valence-corrected chi connectivity index (χ1v) is 10.0. The Hall–Kier alpha value is -4.04. The maximum atomic E-state index is 12.4. The second-order valence-electron chi connectivity index (χ2n) is 6.55. The van der Waals surface area contributed by atoms with E-state index in [9.17, 15) is 9.59 Å². The minimum absolute atomic E-state index is 0.217. The molecule has 0 bridgehead atoms. The third-order valence-electron chi connectivity index (χ3n) is 4.51. The summed E-state index contributed by atoms with van der Waals surface area (Å²) in [5.74, 6) is 0.437.